The Hall–Kier alpha value is -0.930. The summed E-state index contributed by atoms with van der Waals surface area (Å²) >= 11 is 0. The van der Waals surface area contributed by atoms with Crippen molar-refractivity contribution in [3.05, 3.63) is 35.6 Å². The standard InChI is InChI=1S/C15H22FNO/c1-11(10-12-2-4-13(16)5-3-12)17-14-6-8-15(18)9-7-14/h2-5,11,14-15,17-18H,6-10H2,1H3. The maximum Gasteiger partial charge on any atom is 0.123 e. The van der Waals surface area contributed by atoms with Crippen molar-refractivity contribution in [2.75, 3.05) is 0 Å². The van der Waals surface area contributed by atoms with E-state index in [0.29, 0.717) is 12.1 Å². The second-order valence-electron chi connectivity index (χ2n) is 5.40. The Morgan fingerprint density at radius 3 is 2.44 bits per heavy atom. The van der Waals surface area contributed by atoms with Gasteiger partial charge >= 0.3 is 0 Å². The molecule has 1 aliphatic rings. The van der Waals surface area contributed by atoms with Gasteiger partial charge in [-0.15, -0.1) is 0 Å². The maximum atomic E-state index is 12.8. The summed E-state index contributed by atoms with van der Waals surface area (Å²) in [6, 6.07) is 7.62. The van der Waals surface area contributed by atoms with Crippen LogP contribution in [0.25, 0.3) is 0 Å². The fourth-order valence-electron chi connectivity index (χ4n) is 2.68. The summed E-state index contributed by atoms with van der Waals surface area (Å²) in [5.74, 6) is -0.180. The molecular formula is C15H22FNO. The van der Waals surface area contributed by atoms with Gasteiger partial charge in [-0.05, 0) is 56.7 Å². The van der Waals surface area contributed by atoms with Crippen LogP contribution in [-0.2, 0) is 6.42 Å². The summed E-state index contributed by atoms with van der Waals surface area (Å²) in [5, 5.41) is 13.1. The molecule has 0 bridgehead atoms. The topological polar surface area (TPSA) is 32.3 Å². The van der Waals surface area contributed by atoms with E-state index in [1.165, 1.54) is 12.1 Å². The minimum absolute atomic E-state index is 0.101. The Labute approximate surface area is 108 Å². The van der Waals surface area contributed by atoms with E-state index in [1.807, 2.05) is 12.1 Å². The summed E-state index contributed by atoms with van der Waals surface area (Å²) in [4.78, 5) is 0. The Morgan fingerprint density at radius 2 is 1.83 bits per heavy atom. The van der Waals surface area contributed by atoms with E-state index in [-0.39, 0.29) is 11.9 Å². The number of hydrogen-bond acceptors (Lipinski definition) is 2. The minimum Gasteiger partial charge on any atom is -0.393 e. The molecule has 1 aromatic rings. The second-order valence-corrected chi connectivity index (χ2v) is 5.40. The summed E-state index contributed by atoms with van der Waals surface area (Å²) in [6.45, 7) is 2.16. The first kappa shape index (κ1) is 13.5. The lowest BCUT2D eigenvalue weighted by Gasteiger charge is -2.29. The Kier molecular flexibility index (Phi) is 4.72. The zero-order chi connectivity index (χ0) is 13.0. The predicted octanol–water partition coefficient (Wildman–Crippen LogP) is 2.65. The van der Waals surface area contributed by atoms with Crippen molar-refractivity contribution < 1.29 is 9.50 Å². The molecule has 100 valence electrons. The van der Waals surface area contributed by atoms with Gasteiger partial charge in [-0.3, -0.25) is 0 Å². The Balaban J connectivity index is 1.78. The highest BCUT2D eigenvalue weighted by Gasteiger charge is 2.20. The molecule has 1 saturated carbocycles. The van der Waals surface area contributed by atoms with Gasteiger partial charge in [0, 0.05) is 12.1 Å². The van der Waals surface area contributed by atoms with Gasteiger partial charge in [0.15, 0.2) is 0 Å². The average molecular weight is 251 g/mol. The van der Waals surface area contributed by atoms with Crippen LogP contribution in [0.1, 0.15) is 38.2 Å². The lowest BCUT2D eigenvalue weighted by Crippen LogP contribution is -2.40. The summed E-state index contributed by atoms with van der Waals surface area (Å²) in [5.41, 5.74) is 1.16. The molecule has 2 N–H and O–H groups in total. The maximum absolute atomic E-state index is 12.8. The molecule has 0 saturated heterocycles. The lowest BCUT2D eigenvalue weighted by atomic mass is 9.92. The minimum atomic E-state index is -0.180. The van der Waals surface area contributed by atoms with Gasteiger partial charge in [0.05, 0.1) is 6.10 Å². The van der Waals surface area contributed by atoms with Crippen molar-refractivity contribution in [3.63, 3.8) is 0 Å². The average Bonchev–Trinajstić information content (AvgIpc) is 2.35. The molecular weight excluding hydrogens is 229 g/mol. The van der Waals surface area contributed by atoms with Crippen LogP contribution in [0.4, 0.5) is 4.39 Å². The van der Waals surface area contributed by atoms with Crippen LogP contribution in [0, 0.1) is 5.82 Å². The molecule has 2 rings (SSSR count). The van der Waals surface area contributed by atoms with Gasteiger partial charge in [-0.2, -0.15) is 0 Å². The molecule has 1 unspecified atom stereocenters. The molecule has 0 aliphatic heterocycles. The number of benzene rings is 1. The van der Waals surface area contributed by atoms with Crippen LogP contribution < -0.4 is 5.32 Å². The molecule has 1 aromatic carbocycles. The van der Waals surface area contributed by atoms with Gasteiger partial charge in [0.1, 0.15) is 5.82 Å². The number of aliphatic hydroxyl groups is 1. The fourth-order valence-corrected chi connectivity index (χ4v) is 2.68. The quantitative estimate of drug-likeness (QED) is 0.862. The van der Waals surface area contributed by atoms with Gasteiger partial charge in [-0.25, -0.2) is 4.39 Å². The summed E-state index contributed by atoms with van der Waals surface area (Å²) < 4.78 is 12.8. The van der Waals surface area contributed by atoms with Gasteiger partial charge in [0.2, 0.25) is 0 Å². The van der Waals surface area contributed by atoms with E-state index in [4.69, 9.17) is 0 Å². The van der Waals surface area contributed by atoms with Crippen molar-refractivity contribution >= 4 is 0 Å². The van der Waals surface area contributed by atoms with Crippen molar-refractivity contribution in [1.82, 2.24) is 5.32 Å². The molecule has 0 radical (unpaired) electrons. The molecule has 0 spiro atoms. The monoisotopic (exact) mass is 251 g/mol. The van der Waals surface area contributed by atoms with E-state index in [9.17, 15) is 9.50 Å². The van der Waals surface area contributed by atoms with Gasteiger partial charge in [-0.1, -0.05) is 12.1 Å². The normalized spacial score (nSPS) is 25.9. The third kappa shape index (κ3) is 4.07. The smallest absolute Gasteiger partial charge is 0.123 e. The van der Waals surface area contributed by atoms with E-state index in [2.05, 4.69) is 12.2 Å². The molecule has 18 heavy (non-hydrogen) atoms. The highest BCUT2D eigenvalue weighted by Crippen LogP contribution is 2.19. The molecule has 1 atom stereocenters. The number of rotatable bonds is 4. The number of halogens is 1. The number of hydrogen-bond donors (Lipinski definition) is 2. The lowest BCUT2D eigenvalue weighted by molar-refractivity contribution is 0.114. The molecule has 3 heteroatoms. The number of nitrogens with one attached hydrogen (secondary N) is 1. The number of aliphatic hydroxyl groups excluding tert-OH is 1. The van der Waals surface area contributed by atoms with E-state index >= 15 is 0 Å². The molecule has 0 amide bonds. The van der Waals surface area contributed by atoms with Crippen LogP contribution in [-0.4, -0.2) is 23.3 Å². The first-order valence-electron chi connectivity index (χ1n) is 6.82. The third-order valence-corrected chi connectivity index (χ3v) is 3.67. The zero-order valence-electron chi connectivity index (χ0n) is 10.9. The van der Waals surface area contributed by atoms with Crippen LogP contribution in [0.15, 0.2) is 24.3 Å². The molecule has 0 aromatic heterocycles. The molecule has 1 fully saturated rings. The first-order chi connectivity index (χ1) is 8.63. The highest BCUT2D eigenvalue weighted by molar-refractivity contribution is 5.17. The van der Waals surface area contributed by atoms with Crippen LogP contribution in [0.5, 0.6) is 0 Å². The fraction of sp³-hybridized carbons (Fsp3) is 0.600. The van der Waals surface area contributed by atoms with Crippen molar-refractivity contribution in [1.29, 1.82) is 0 Å². The highest BCUT2D eigenvalue weighted by atomic mass is 19.1. The van der Waals surface area contributed by atoms with Crippen molar-refractivity contribution in [2.45, 2.75) is 57.2 Å². The molecule has 1 aliphatic carbocycles. The van der Waals surface area contributed by atoms with Crippen LogP contribution in [0.2, 0.25) is 0 Å². The summed E-state index contributed by atoms with van der Waals surface area (Å²) in [6.07, 6.45) is 4.72. The van der Waals surface area contributed by atoms with Gasteiger partial charge < -0.3 is 10.4 Å². The van der Waals surface area contributed by atoms with Crippen molar-refractivity contribution in [2.24, 2.45) is 0 Å². The van der Waals surface area contributed by atoms with E-state index in [1.54, 1.807) is 0 Å². The van der Waals surface area contributed by atoms with Crippen LogP contribution >= 0.6 is 0 Å². The first-order valence-corrected chi connectivity index (χ1v) is 6.82. The Morgan fingerprint density at radius 1 is 1.22 bits per heavy atom. The van der Waals surface area contributed by atoms with Crippen molar-refractivity contribution in [3.8, 4) is 0 Å². The second kappa shape index (κ2) is 6.30. The largest absolute Gasteiger partial charge is 0.393 e. The SMILES string of the molecule is CC(Cc1ccc(F)cc1)NC1CCC(O)CC1. The van der Waals surface area contributed by atoms with Crippen LogP contribution in [0.3, 0.4) is 0 Å². The zero-order valence-corrected chi connectivity index (χ0v) is 10.9. The van der Waals surface area contributed by atoms with E-state index < -0.39 is 0 Å². The Bertz CT molecular complexity index is 357. The summed E-state index contributed by atoms with van der Waals surface area (Å²) in [7, 11) is 0. The van der Waals surface area contributed by atoms with E-state index in [0.717, 1.165) is 37.7 Å². The van der Waals surface area contributed by atoms with Gasteiger partial charge in [0.25, 0.3) is 0 Å². The predicted molar refractivity (Wildman–Crippen MR) is 71.0 cm³/mol. The third-order valence-electron chi connectivity index (χ3n) is 3.67. The molecule has 2 nitrogen and oxygen atoms in total. The molecule has 0 heterocycles.